The van der Waals surface area contributed by atoms with Crippen LogP contribution in [0.5, 0.6) is 0 Å². The quantitative estimate of drug-likeness (QED) is 0.551. The molecule has 0 radical (unpaired) electrons. The van der Waals surface area contributed by atoms with Gasteiger partial charge >= 0.3 is 0 Å². The minimum absolute atomic E-state index is 0.186. The summed E-state index contributed by atoms with van der Waals surface area (Å²) in [5, 5.41) is 6.10. The highest BCUT2D eigenvalue weighted by Gasteiger charge is 2.30. The summed E-state index contributed by atoms with van der Waals surface area (Å²) in [6, 6.07) is 9.11. The van der Waals surface area contributed by atoms with Crippen LogP contribution in [0, 0.1) is 20.8 Å². The van der Waals surface area contributed by atoms with Crippen LogP contribution in [0.1, 0.15) is 46.1 Å². The molecule has 32 heavy (non-hydrogen) atoms. The Morgan fingerprint density at radius 1 is 1.16 bits per heavy atom. The SMILES string of the molecule is Cc1cccc(CNc2ncc3n(c2=O)[C@H](C(=O)NCc2ccc(N)nc2C)CC3)c1C. The molecule has 0 fully saturated rings. The van der Waals surface area contributed by atoms with Gasteiger partial charge in [-0.3, -0.25) is 14.2 Å². The lowest BCUT2D eigenvalue weighted by Gasteiger charge is -2.16. The van der Waals surface area contributed by atoms with Gasteiger partial charge in [-0.25, -0.2) is 9.97 Å². The van der Waals surface area contributed by atoms with E-state index in [2.05, 4.69) is 40.5 Å². The zero-order chi connectivity index (χ0) is 22.8. The van der Waals surface area contributed by atoms with Crippen LogP contribution in [-0.2, 0) is 24.3 Å². The highest BCUT2D eigenvalue weighted by atomic mass is 16.2. The average molecular weight is 433 g/mol. The number of nitrogens with one attached hydrogen (secondary N) is 2. The lowest BCUT2D eigenvalue weighted by molar-refractivity contribution is -0.124. The number of carbonyl (C=O) groups excluding carboxylic acids is 1. The molecule has 0 unspecified atom stereocenters. The number of aromatic nitrogens is 3. The van der Waals surface area contributed by atoms with E-state index in [0.717, 1.165) is 22.5 Å². The van der Waals surface area contributed by atoms with E-state index in [1.807, 2.05) is 25.1 Å². The minimum Gasteiger partial charge on any atom is -0.384 e. The molecule has 0 bridgehead atoms. The highest BCUT2D eigenvalue weighted by molar-refractivity contribution is 5.81. The lowest BCUT2D eigenvalue weighted by Crippen LogP contribution is -2.36. The first kappa shape index (κ1) is 21.5. The smallest absolute Gasteiger partial charge is 0.294 e. The van der Waals surface area contributed by atoms with Gasteiger partial charge in [-0.15, -0.1) is 0 Å². The summed E-state index contributed by atoms with van der Waals surface area (Å²) < 4.78 is 1.57. The molecule has 4 N–H and O–H groups in total. The van der Waals surface area contributed by atoms with Crippen molar-refractivity contribution in [3.05, 3.63) is 80.5 Å². The summed E-state index contributed by atoms with van der Waals surface area (Å²) in [4.78, 5) is 34.6. The third-order valence-electron chi connectivity index (χ3n) is 6.19. The number of amides is 1. The van der Waals surface area contributed by atoms with Gasteiger partial charge in [-0.1, -0.05) is 24.3 Å². The Morgan fingerprint density at radius 2 is 1.97 bits per heavy atom. The number of benzene rings is 1. The van der Waals surface area contributed by atoms with E-state index in [0.29, 0.717) is 31.7 Å². The molecule has 166 valence electrons. The Balaban J connectivity index is 1.49. The second-order valence-electron chi connectivity index (χ2n) is 8.24. The van der Waals surface area contributed by atoms with Crippen LogP contribution in [0.25, 0.3) is 0 Å². The van der Waals surface area contributed by atoms with Crippen molar-refractivity contribution >= 4 is 17.5 Å². The van der Waals surface area contributed by atoms with E-state index in [4.69, 9.17) is 5.73 Å². The molecule has 0 spiro atoms. The molecule has 1 aromatic carbocycles. The van der Waals surface area contributed by atoms with E-state index in [1.165, 1.54) is 11.1 Å². The number of hydrogen-bond donors (Lipinski definition) is 3. The Morgan fingerprint density at radius 3 is 2.75 bits per heavy atom. The van der Waals surface area contributed by atoms with Crippen LogP contribution in [0.3, 0.4) is 0 Å². The van der Waals surface area contributed by atoms with Crippen molar-refractivity contribution in [2.45, 2.75) is 52.7 Å². The summed E-state index contributed by atoms with van der Waals surface area (Å²) >= 11 is 0. The van der Waals surface area contributed by atoms with Gasteiger partial charge in [0.2, 0.25) is 5.91 Å². The summed E-state index contributed by atoms with van der Waals surface area (Å²) in [6.45, 7) is 6.81. The molecule has 1 aliphatic heterocycles. The first-order valence-electron chi connectivity index (χ1n) is 10.7. The van der Waals surface area contributed by atoms with Crippen LogP contribution in [0.4, 0.5) is 11.6 Å². The summed E-state index contributed by atoms with van der Waals surface area (Å²) in [5.41, 5.74) is 11.4. The van der Waals surface area contributed by atoms with E-state index in [9.17, 15) is 9.59 Å². The predicted molar refractivity (Wildman–Crippen MR) is 124 cm³/mol. The van der Waals surface area contributed by atoms with Gasteiger partial charge in [-0.05, 0) is 61.9 Å². The normalized spacial score (nSPS) is 14.8. The van der Waals surface area contributed by atoms with Gasteiger partial charge in [0.1, 0.15) is 11.9 Å². The van der Waals surface area contributed by atoms with Crippen molar-refractivity contribution in [1.29, 1.82) is 0 Å². The number of hydrogen-bond acceptors (Lipinski definition) is 6. The molecule has 1 atom stereocenters. The van der Waals surface area contributed by atoms with Crippen LogP contribution in [0.2, 0.25) is 0 Å². The molecule has 3 heterocycles. The fraction of sp³-hybridized carbons (Fsp3) is 0.333. The fourth-order valence-electron chi connectivity index (χ4n) is 4.09. The molecule has 8 nitrogen and oxygen atoms in total. The first-order chi connectivity index (χ1) is 15.3. The van der Waals surface area contributed by atoms with Crippen molar-refractivity contribution in [3.63, 3.8) is 0 Å². The van der Waals surface area contributed by atoms with Gasteiger partial charge in [0.25, 0.3) is 5.56 Å². The zero-order valence-corrected chi connectivity index (χ0v) is 18.6. The third kappa shape index (κ3) is 4.21. The molecule has 0 saturated carbocycles. The van der Waals surface area contributed by atoms with Crippen LogP contribution < -0.4 is 21.9 Å². The molecule has 2 aromatic heterocycles. The Labute approximate surface area is 186 Å². The maximum Gasteiger partial charge on any atom is 0.294 e. The average Bonchev–Trinajstić information content (AvgIpc) is 3.20. The molecule has 1 amide bonds. The maximum atomic E-state index is 13.1. The van der Waals surface area contributed by atoms with Crippen molar-refractivity contribution in [2.24, 2.45) is 0 Å². The minimum atomic E-state index is -0.552. The number of aryl methyl sites for hydroxylation is 3. The number of nitrogens with two attached hydrogens (primary N) is 1. The van der Waals surface area contributed by atoms with Gasteiger partial charge in [0.05, 0.1) is 0 Å². The van der Waals surface area contributed by atoms with E-state index in [-0.39, 0.29) is 17.3 Å². The maximum absolute atomic E-state index is 13.1. The summed E-state index contributed by atoms with van der Waals surface area (Å²) in [6.07, 6.45) is 2.90. The number of anilines is 2. The number of carbonyl (C=O) groups is 1. The Kier molecular flexibility index (Phi) is 5.94. The summed E-state index contributed by atoms with van der Waals surface area (Å²) in [5.74, 6) is 0.518. The highest BCUT2D eigenvalue weighted by Crippen LogP contribution is 2.24. The Hall–Kier alpha value is -3.68. The fourth-order valence-corrected chi connectivity index (χ4v) is 4.09. The van der Waals surface area contributed by atoms with Gasteiger partial charge in [-0.2, -0.15) is 0 Å². The Bertz CT molecular complexity index is 1230. The third-order valence-corrected chi connectivity index (χ3v) is 6.19. The topological polar surface area (TPSA) is 115 Å². The first-order valence-corrected chi connectivity index (χ1v) is 10.7. The standard InChI is InChI=1S/C24H28N6O2/c1-14-5-4-6-17(15(14)2)11-26-22-24(32)30-19(13-27-22)8-9-20(30)23(31)28-12-18-7-10-21(25)29-16(18)3/h4-7,10,13,20H,8-9,11-12H2,1-3H3,(H2,25,29)(H,26,27)(H,28,31)/t20-/m0/s1. The molecular weight excluding hydrogens is 404 g/mol. The van der Waals surface area contributed by atoms with Gasteiger partial charge in [0, 0.05) is 30.7 Å². The van der Waals surface area contributed by atoms with Crippen LogP contribution in [-0.4, -0.2) is 20.4 Å². The van der Waals surface area contributed by atoms with Crippen molar-refractivity contribution < 1.29 is 4.79 Å². The molecule has 3 aromatic rings. The zero-order valence-electron chi connectivity index (χ0n) is 18.6. The van der Waals surface area contributed by atoms with Crippen molar-refractivity contribution in [2.75, 3.05) is 11.1 Å². The van der Waals surface area contributed by atoms with E-state index < -0.39 is 6.04 Å². The molecule has 0 aliphatic carbocycles. The van der Waals surface area contributed by atoms with Crippen LogP contribution >= 0.6 is 0 Å². The van der Waals surface area contributed by atoms with Crippen LogP contribution in [0.15, 0.2) is 41.3 Å². The second kappa shape index (κ2) is 8.82. The van der Waals surface area contributed by atoms with E-state index in [1.54, 1.807) is 16.8 Å². The largest absolute Gasteiger partial charge is 0.384 e. The lowest BCUT2D eigenvalue weighted by atomic mass is 10.0. The molecule has 8 heteroatoms. The number of fused-ring (bicyclic) bond motifs is 1. The number of nitrogens with zero attached hydrogens (tertiary/aromatic N) is 3. The van der Waals surface area contributed by atoms with Gasteiger partial charge < -0.3 is 16.4 Å². The molecular formula is C24H28N6O2. The summed E-state index contributed by atoms with van der Waals surface area (Å²) in [7, 11) is 0. The predicted octanol–water partition coefficient (Wildman–Crippen LogP) is 2.56. The molecule has 4 rings (SSSR count). The van der Waals surface area contributed by atoms with Crippen molar-refractivity contribution in [3.8, 4) is 0 Å². The van der Waals surface area contributed by atoms with Gasteiger partial charge in [0.15, 0.2) is 5.82 Å². The second-order valence-corrected chi connectivity index (χ2v) is 8.24. The van der Waals surface area contributed by atoms with E-state index >= 15 is 0 Å². The monoisotopic (exact) mass is 432 g/mol. The molecule has 1 aliphatic rings. The number of pyridine rings is 1. The molecule has 0 saturated heterocycles. The number of nitrogen functional groups attached to an aromatic ring is 1. The van der Waals surface area contributed by atoms with Crippen molar-refractivity contribution in [1.82, 2.24) is 19.9 Å². The number of rotatable bonds is 6.